The second kappa shape index (κ2) is 5.38. The molecule has 0 aliphatic rings. The molecule has 0 aliphatic carbocycles. The van der Waals surface area contributed by atoms with Crippen molar-refractivity contribution in [2.24, 2.45) is 0 Å². The molecule has 0 saturated carbocycles. The van der Waals surface area contributed by atoms with Crippen LogP contribution in [0.4, 0.5) is 5.69 Å². The van der Waals surface area contributed by atoms with E-state index in [0.717, 1.165) is 0 Å². The highest BCUT2D eigenvalue weighted by Gasteiger charge is 2.09. The Labute approximate surface area is 115 Å². The number of nitrogens with two attached hydrogens (primary N) is 1. The standard InChI is InChI=1S/C13H11Cl2NO2/c1-17-13-7-9(16)3-5-12(13)18-11-4-2-8(14)6-10(11)15/h2-7H,16H2,1H3. The van der Waals surface area contributed by atoms with Gasteiger partial charge in [0.15, 0.2) is 11.5 Å². The minimum atomic E-state index is 0.432. The summed E-state index contributed by atoms with van der Waals surface area (Å²) in [6, 6.07) is 10.1. The normalized spacial score (nSPS) is 10.2. The van der Waals surface area contributed by atoms with Crippen LogP contribution in [0.5, 0.6) is 17.2 Å². The summed E-state index contributed by atoms with van der Waals surface area (Å²) >= 11 is 11.8. The second-order valence-corrected chi connectivity index (χ2v) is 4.43. The van der Waals surface area contributed by atoms with Crippen molar-refractivity contribution in [2.45, 2.75) is 0 Å². The summed E-state index contributed by atoms with van der Waals surface area (Å²) in [4.78, 5) is 0. The van der Waals surface area contributed by atoms with Gasteiger partial charge in [-0.15, -0.1) is 0 Å². The summed E-state index contributed by atoms with van der Waals surface area (Å²) < 4.78 is 10.9. The molecule has 2 aromatic carbocycles. The molecule has 94 valence electrons. The maximum atomic E-state index is 6.03. The highest BCUT2D eigenvalue weighted by atomic mass is 35.5. The number of ether oxygens (including phenoxy) is 2. The van der Waals surface area contributed by atoms with Crippen molar-refractivity contribution in [3.05, 3.63) is 46.4 Å². The fourth-order valence-electron chi connectivity index (χ4n) is 1.44. The summed E-state index contributed by atoms with van der Waals surface area (Å²) in [7, 11) is 1.55. The van der Waals surface area contributed by atoms with Gasteiger partial charge in [-0.2, -0.15) is 0 Å². The maximum absolute atomic E-state index is 6.03. The molecule has 0 aliphatic heterocycles. The van der Waals surface area contributed by atoms with Crippen LogP contribution in [0, 0.1) is 0 Å². The first-order chi connectivity index (χ1) is 8.60. The number of anilines is 1. The van der Waals surface area contributed by atoms with Crippen molar-refractivity contribution < 1.29 is 9.47 Å². The number of hydrogen-bond acceptors (Lipinski definition) is 3. The van der Waals surface area contributed by atoms with Gasteiger partial charge in [0.1, 0.15) is 5.75 Å². The number of methoxy groups -OCH3 is 1. The summed E-state index contributed by atoms with van der Waals surface area (Å²) in [6.45, 7) is 0. The van der Waals surface area contributed by atoms with Crippen LogP contribution in [0.25, 0.3) is 0 Å². The number of nitrogen functional groups attached to an aromatic ring is 1. The summed E-state index contributed by atoms with van der Waals surface area (Å²) in [5.41, 5.74) is 6.27. The van der Waals surface area contributed by atoms with Gasteiger partial charge >= 0.3 is 0 Å². The maximum Gasteiger partial charge on any atom is 0.169 e. The molecule has 2 aromatic rings. The van der Waals surface area contributed by atoms with Crippen LogP contribution < -0.4 is 15.2 Å². The molecule has 0 amide bonds. The predicted molar refractivity (Wildman–Crippen MR) is 73.9 cm³/mol. The fourth-order valence-corrected chi connectivity index (χ4v) is 1.89. The lowest BCUT2D eigenvalue weighted by molar-refractivity contribution is 0.379. The van der Waals surface area contributed by atoms with Crippen molar-refractivity contribution in [1.29, 1.82) is 0 Å². The fraction of sp³-hybridized carbons (Fsp3) is 0.0769. The summed E-state index contributed by atoms with van der Waals surface area (Å²) in [5, 5.41) is 0.984. The molecule has 0 bridgehead atoms. The van der Waals surface area contributed by atoms with Gasteiger partial charge in [-0.05, 0) is 30.3 Å². The molecule has 0 spiro atoms. The monoisotopic (exact) mass is 283 g/mol. The number of benzene rings is 2. The number of hydrogen-bond donors (Lipinski definition) is 1. The molecule has 2 N–H and O–H groups in total. The van der Waals surface area contributed by atoms with Gasteiger partial charge in [0.05, 0.1) is 12.1 Å². The quantitative estimate of drug-likeness (QED) is 0.851. The molecular formula is C13H11Cl2NO2. The van der Waals surface area contributed by atoms with E-state index in [-0.39, 0.29) is 0 Å². The van der Waals surface area contributed by atoms with Crippen LogP contribution in [0.2, 0.25) is 10.0 Å². The minimum Gasteiger partial charge on any atom is -0.493 e. The van der Waals surface area contributed by atoms with Crippen molar-refractivity contribution in [1.82, 2.24) is 0 Å². The van der Waals surface area contributed by atoms with Crippen LogP contribution >= 0.6 is 23.2 Å². The van der Waals surface area contributed by atoms with E-state index in [1.165, 1.54) is 0 Å². The third-order valence-electron chi connectivity index (χ3n) is 2.30. The van der Waals surface area contributed by atoms with Crippen LogP contribution in [0.1, 0.15) is 0 Å². The Bertz CT molecular complexity index is 573. The average Bonchev–Trinajstić information content (AvgIpc) is 2.34. The van der Waals surface area contributed by atoms with Gasteiger partial charge in [-0.3, -0.25) is 0 Å². The first-order valence-electron chi connectivity index (χ1n) is 5.16. The van der Waals surface area contributed by atoms with E-state index in [1.54, 1.807) is 43.5 Å². The van der Waals surface area contributed by atoms with E-state index in [0.29, 0.717) is 33.0 Å². The van der Waals surface area contributed by atoms with Crippen molar-refractivity contribution >= 4 is 28.9 Å². The third-order valence-corrected chi connectivity index (χ3v) is 2.83. The largest absolute Gasteiger partial charge is 0.493 e. The number of halogens is 2. The smallest absolute Gasteiger partial charge is 0.169 e. The van der Waals surface area contributed by atoms with Crippen LogP contribution in [-0.4, -0.2) is 7.11 Å². The van der Waals surface area contributed by atoms with E-state index in [1.807, 2.05) is 0 Å². The Morgan fingerprint density at radius 2 is 1.67 bits per heavy atom. The Balaban J connectivity index is 2.33. The molecule has 0 heterocycles. The van der Waals surface area contributed by atoms with Crippen molar-refractivity contribution in [3.63, 3.8) is 0 Å². The van der Waals surface area contributed by atoms with Gasteiger partial charge in [-0.1, -0.05) is 23.2 Å². The van der Waals surface area contributed by atoms with E-state index >= 15 is 0 Å². The molecule has 2 rings (SSSR count). The van der Waals surface area contributed by atoms with Crippen LogP contribution in [0.3, 0.4) is 0 Å². The molecule has 5 heteroatoms. The molecular weight excluding hydrogens is 273 g/mol. The summed E-state index contributed by atoms with van der Waals surface area (Å²) in [6.07, 6.45) is 0. The molecule has 3 nitrogen and oxygen atoms in total. The van der Waals surface area contributed by atoms with Gasteiger partial charge in [0.2, 0.25) is 0 Å². The van der Waals surface area contributed by atoms with E-state index < -0.39 is 0 Å². The molecule has 18 heavy (non-hydrogen) atoms. The Hall–Kier alpha value is -1.58. The average molecular weight is 284 g/mol. The van der Waals surface area contributed by atoms with Crippen molar-refractivity contribution in [3.8, 4) is 17.2 Å². The first-order valence-corrected chi connectivity index (χ1v) is 5.92. The van der Waals surface area contributed by atoms with Crippen molar-refractivity contribution in [2.75, 3.05) is 12.8 Å². The van der Waals surface area contributed by atoms with Gasteiger partial charge in [0, 0.05) is 16.8 Å². The highest BCUT2D eigenvalue weighted by molar-refractivity contribution is 6.35. The highest BCUT2D eigenvalue weighted by Crippen LogP contribution is 2.36. The van der Waals surface area contributed by atoms with E-state index in [4.69, 9.17) is 38.4 Å². The lowest BCUT2D eigenvalue weighted by Crippen LogP contribution is -1.93. The zero-order valence-corrected chi connectivity index (χ0v) is 11.1. The molecule has 0 atom stereocenters. The molecule has 0 radical (unpaired) electrons. The molecule has 0 saturated heterocycles. The zero-order valence-electron chi connectivity index (χ0n) is 9.61. The Morgan fingerprint density at radius 1 is 0.944 bits per heavy atom. The minimum absolute atomic E-state index is 0.432. The lowest BCUT2D eigenvalue weighted by atomic mass is 10.3. The second-order valence-electron chi connectivity index (χ2n) is 3.59. The van der Waals surface area contributed by atoms with E-state index in [9.17, 15) is 0 Å². The van der Waals surface area contributed by atoms with Gasteiger partial charge < -0.3 is 15.2 Å². The number of rotatable bonds is 3. The SMILES string of the molecule is COc1cc(N)ccc1Oc1ccc(Cl)cc1Cl. The van der Waals surface area contributed by atoms with Gasteiger partial charge in [0.25, 0.3) is 0 Å². The van der Waals surface area contributed by atoms with E-state index in [2.05, 4.69) is 0 Å². The predicted octanol–water partition coefficient (Wildman–Crippen LogP) is 4.38. The summed E-state index contributed by atoms with van der Waals surface area (Å²) in [5.74, 6) is 1.58. The topological polar surface area (TPSA) is 44.5 Å². The first kappa shape index (κ1) is 12.9. The molecule has 0 aromatic heterocycles. The Kier molecular flexibility index (Phi) is 3.84. The van der Waals surface area contributed by atoms with Crippen LogP contribution in [0.15, 0.2) is 36.4 Å². The molecule has 0 fully saturated rings. The Morgan fingerprint density at radius 3 is 2.33 bits per heavy atom. The zero-order chi connectivity index (χ0) is 13.1. The van der Waals surface area contributed by atoms with Crippen LogP contribution in [-0.2, 0) is 0 Å². The third kappa shape index (κ3) is 2.81. The van der Waals surface area contributed by atoms with Gasteiger partial charge in [-0.25, -0.2) is 0 Å². The lowest BCUT2D eigenvalue weighted by Gasteiger charge is -2.12. The molecule has 0 unspecified atom stereocenters.